The second kappa shape index (κ2) is 6.85. The predicted molar refractivity (Wildman–Crippen MR) is 96.6 cm³/mol. The van der Waals surface area contributed by atoms with Gasteiger partial charge in [-0.25, -0.2) is 13.1 Å². The molecule has 1 fully saturated rings. The highest BCUT2D eigenvalue weighted by Gasteiger charge is 2.28. The smallest absolute Gasteiger partial charge is 0.243 e. The number of nitrogens with zero attached hydrogens (tertiary/aromatic N) is 6. The SMILES string of the molecule is O=S(=O)(c1ccc(-n2cnnn2)cc1)N1CCN(c2ccccc2)CC1. The second-order valence-corrected chi connectivity index (χ2v) is 7.91. The quantitative estimate of drug-likeness (QED) is 0.686. The lowest BCUT2D eigenvalue weighted by Crippen LogP contribution is -2.48. The number of tetrazole rings is 1. The van der Waals surface area contributed by atoms with E-state index in [-0.39, 0.29) is 4.90 Å². The number of hydrogen-bond donors (Lipinski definition) is 0. The molecule has 0 bridgehead atoms. The maximum Gasteiger partial charge on any atom is 0.243 e. The van der Waals surface area contributed by atoms with E-state index in [0.717, 1.165) is 5.69 Å². The minimum Gasteiger partial charge on any atom is -0.369 e. The van der Waals surface area contributed by atoms with Gasteiger partial charge in [-0.1, -0.05) is 18.2 Å². The topological polar surface area (TPSA) is 84.2 Å². The first-order valence-electron chi connectivity index (χ1n) is 8.28. The molecule has 0 atom stereocenters. The fourth-order valence-corrected chi connectivity index (χ4v) is 4.45. The molecule has 1 aliphatic heterocycles. The molecule has 1 aliphatic rings. The first-order valence-corrected chi connectivity index (χ1v) is 9.72. The molecule has 3 aromatic rings. The molecule has 2 aromatic carbocycles. The highest BCUT2D eigenvalue weighted by Crippen LogP contribution is 2.21. The largest absolute Gasteiger partial charge is 0.369 e. The van der Waals surface area contributed by atoms with Crippen LogP contribution in [0.5, 0.6) is 0 Å². The molecule has 4 rings (SSSR count). The van der Waals surface area contributed by atoms with Gasteiger partial charge in [0.1, 0.15) is 6.33 Å². The Labute approximate surface area is 151 Å². The van der Waals surface area contributed by atoms with Gasteiger partial charge in [0.25, 0.3) is 0 Å². The van der Waals surface area contributed by atoms with Gasteiger partial charge < -0.3 is 4.90 Å². The van der Waals surface area contributed by atoms with Crippen molar-refractivity contribution < 1.29 is 8.42 Å². The minimum absolute atomic E-state index is 0.280. The summed E-state index contributed by atoms with van der Waals surface area (Å²) < 4.78 is 28.8. The average molecular weight is 370 g/mol. The monoisotopic (exact) mass is 370 g/mol. The zero-order valence-electron chi connectivity index (χ0n) is 14.0. The fourth-order valence-electron chi connectivity index (χ4n) is 3.02. The second-order valence-electron chi connectivity index (χ2n) is 5.97. The van der Waals surface area contributed by atoms with Crippen molar-refractivity contribution in [3.8, 4) is 5.69 Å². The number of sulfonamides is 1. The number of anilines is 1. The van der Waals surface area contributed by atoms with Crippen molar-refractivity contribution >= 4 is 15.7 Å². The number of aromatic nitrogens is 4. The lowest BCUT2D eigenvalue weighted by molar-refractivity contribution is 0.385. The van der Waals surface area contributed by atoms with E-state index in [2.05, 4.69) is 20.4 Å². The molecule has 0 saturated carbocycles. The van der Waals surface area contributed by atoms with Crippen molar-refractivity contribution in [1.82, 2.24) is 24.5 Å². The normalized spacial score (nSPS) is 15.9. The molecule has 0 unspecified atom stereocenters. The van der Waals surface area contributed by atoms with Gasteiger partial charge in [-0.3, -0.25) is 0 Å². The number of para-hydroxylation sites is 1. The third-order valence-corrected chi connectivity index (χ3v) is 6.36. The zero-order valence-corrected chi connectivity index (χ0v) is 14.8. The van der Waals surface area contributed by atoms with E-state index in [1.807, 2.05) is 30.3 Å². The van der Waals surface area contributed by atoms with Crippen molar-refractivity contribution in [2.24, 2.45) is 0 Å². The van der Waals surface area contributed by atoms with Crippen LogP contribution in [-0.4, -0.2) is 59.1 Å². The zero-order chi connectivity index (χ0) is 18.0. The molecule has 0 radical (unpaired) electrons. The maximum absolute atomic E-state index is 12.9. The molecule has 0 N–H and O–H groups in total. The minimum atomic E-state index is -3.51. The molecule has 0 aliphatic carbocycles. The summed E-state index contributed by atoms with van der Waals surface area (Å²) in [4.78, 5) is 2.48. The van der Waals surface area contributed by atoms with Gasteiger partial charge in [-0.15, -0.1) is 5.10 Å². The highest BCUT2D eigenvalue weighted by atomic mass is 32.2. The molecule has 8 nitrogen and oxygen atoms in total. The number of rotatable bonds is 4. The number of benzene rings is 2. The van der Waals surface area contributed by atoms with E-state index in [4.69, 9.17) is 0 Å². The first kappa shape index (κ1) is 16.7. The third kappa shape index (κ3) is 3.18. The Hall–Kier alpha value is -2.78. The van der Waals surface area contributed by atoms with Crippen LogP contribution in [0.15, 0.2) is 65.8 Å². The van der Waals surface area contributed by atoms with E-state index in [1.165, 1.54) is 11.0 Å². The Morgan fingerprint density at radius 2 is 1.50 bits per heavy atom. The van der Waals surface area contributed by atoms with Gasteiger partial charge in [0, 0.05) is 31.9 Å². The summed E-state index contributed by atoms with van der Waals surface area (Å²) >= 11 is 0. The van der Waals surface area contributed by atoms with Crippen molar-refractivity contribution in [1.29, 1.82) is 0 Å². The summed E-state index contributed by atoms with van der Waals surface area (Å²) in [6.45, 7) is 2.27. The van der Waals surface area contributed by atoms with Crippen LogP contribution in [0.4, 0.5) is 5.69 Å². The van der Waals surface area contributed by atoms with Crippen LogP contribution in [0.1, 0.15) is 0 Å². The van der Waals surface area contributed by atoms with E-state index in [9.17, 15) is 8.42 Å². The molecular weight excluding hydrogens is 352 g/mol. The summed E-state index contributed by atoms with van der Waals surface area (Å²) in [5.41, 5.74) is 1.83. The Morgan fingerprint density at radius 1 is 0.808 bits per heavy atom. The average Bonchev–Trinajstić information content (AvgIpc) is 3.24. The van der Waals surface area contributed by atoms with Crippen molar-refractivity contribution in [3.05, 3.63) is 60.9 Å². The van der Waals surface area contributed by atoms with Crippen molar-refractivity contribution in [2.75, 3.05) is 31.1 Å². The lowest BCUT2D eigenvalue weighted by atomic mass is 10.2. The Balaban J connectivity index is 1.47. The van der Waals surface area contributed by atoms with Gasteiger partial charge in [0.15, 0.2) is 0 Å². The van der Waals surface area contributed by atoms with E-state index in [1.54, 1.807) is 28.6 Å². The van der Waals surface area contributed by atoms with Crippen LogP contribution in [0, 0.1) is 0 Å². The summed E-state index contributed by atoms with van der Waals surface area (Å²) in [5, 5.41) is 10.9. The van der Waals surface area contributed by atoms with Gasteiger partial charge in [-0.2, -0.15) is 4.31 Å². The summed E-state index contributed by atoms with van der Waals surface area (Å²) in [7, 11) is -3.51. The van der Waals surface area contributed by atoms with E-state index in [0.29, 0.717) is 31.9 Å². The molecule has 2 heterocycles. The van der Waals surface area contributed by atoms with E-state index < -0.39 is 10.0 Å². The van der Waals surface area contributed by atoms with Gasteiger partial charge >= 0.3 is 0 Å². The maximum atomic E-state index is 12.9. The summed E-state index contributed by atoms with van der Waals surface area (Å²) in [6.07, 6.45) is 1.46. The van der Waals surface area contributed by atoms with Gasteiger partial charge in [-0.05, 0) is 46.8 Å². The van der Waals surface area contributed by atoms with Crippen LogP contribution in [-0.2, 0) is 10.0 Å². The van der Waals surface area contributed by atoms with Crippen LogP contribution in [0.25, 0.3) is 5.69 Å². The first-order chi connectivity index (χ1) is 12.6. The Kier molecular flexibility index (Phi) is 4.39. The van der Waals surface area contributed by atoms with Gasteiger partial charge in [0.2, 0.25) is 10.0 Å². The van der Waals surface area contributed by atoms with Crippen LogP contribution in [0.3, 0.4) is 0 Å². The molecule has 0 spiro atoms. The standard InChI is InChI=1S/C17H18N6O2S/c24-26(25,17-8-6-16(7-9-17)23-14-18-19-20-23)22-12-10-21(11-13-22)15-4-2-1-3-5-15/h1-9,14H,10-13H2. The number of hydrogen-bond acceptors (Lipinski definition) is 6. The van der Waals surface area contributed by atoms with E-state index >= 15 is 0 Å². The molecule has 1 saturated heterocycles. The Bertz CT molecular complexity index is 950. The van der Waals surface area contributed by atoms with Crippen LogP contribution < -0.4 is 4.90 Å². The van der Waals surface area contributed by atoms with Crippen LogP contribution in [0.2, 0.25) is 0 Å². The summed E-state index contributed by atoms with van der Waals surface area (Å²) in [6, 6.07) is 16.6. The molecule has 26 heavy (non-hydrogen) atoms. The molecule has 134 valence electrons. The van der Waals surface area contributed by atoms with Crippen molar-refractivity contribution in [3.63, 3.8) is 0 Å². The summed E-state index contributed by atoms with van der Waals surface area (Å²) in [5.74, 6) is 0. The molecular formula is C17H18N6O2S. The van der Waals surface area contributed by atoms with Crippen molar-refractivity contribution in [2.45, 2.75) is 4.90 Å². The molecule has 1 aromatic heterocycles. The Morgan fingerprint density at radius 3 is 2.12 bits per heavy atom. The molecule has 9 heteroatoms. The fraction of sp³-hybridized carbons (Fsp3) is 0.235. The molecule has 0 amide bonds. The third-order valence-electron chi connectivity index (χ3n) is 4.45. The highest BCUT2D eigenvalue weighted by molar-refractivity contribution is 7.89. The lowest BCUT2D eigenvalue weighted by Gasteiger charge is -2.35. The van der Waals surface area contributed by atoms with Crippen LogP contribution >= 0.6 is 0 Å². The predicted octanol–water partition coefficient (Wildman–Crippen LogP) is 1.17. The van der Waals surface area contributed by atoms with Gasteiger partial charge in [0.05, 0.1) is 10.6 Å². The number of piperazine rings is 1.